The Bertz CT molecular complexity index is 1380. The van der Waals surface area contributed by atoms with E-state index >= 15 is 0 Å². The average molecular weight is 478 g/mol. The van der Waals surface area contributed by atoms with Gasteiger partial charge in [0.2, 0.25) is 5.91 Å². The Balaban J connectivity index is 1.82. The molecule has 4 rings (SSSR count). The summed E-state index contributed by atoms with van der Waals surface area (Å²) >= 11 is 1.23. The Morgan fingerprint density at radius 1 is 1.16 bits per heavy atom. The fraction of sp³-hybridized carbons (Fsp3) is 0.200. The lowest BCUT2D eigenvalue weighted by Gasteiger charge is -2.30. The summed E-state index contributed by atoms with van der Waals surface area (Å²) in [6.45, 7) is 2.99. The predicted octanol–water partition coefficient (Wildman–Crippen LogP) is 3.06. The minimum Gasteiger partial charge on any atom is -0.302 e. The van der Waals surface area contributed by atoms with Gasteiger partial charge in [0.05, 0.1) is 31.8 Å². The first-order valence-corrected chi connectivity index (χ1v) is 13.2. The summed E-state index contributed by atoms with van der Waals surface area (Å²) in [6, 6.07) is 12.6. The molecular weight excluding hydrogens is 458 g/mol. The maximum absolute atomic E-state index is 13.2. The van der Waals surface area contributed by atoms with Gasteiger partial charge >= 0.3 is 0 Å². The standard InChI is InChI=1S/C20H19N3O5S3/c1-13-19(29-20(21-13)22-14(2)24)15-8-9-17-18(12-15)30(25,26)11-10-23(17)31(27,28)16-6-4-3-5-7-16/h3-9,12H,10-11H2,1-2H3,(H,21,22,24). The minimum atomic E-state index is -3.91. The third-order valence-corrected chi connectivity index (χ3v) is 9.47. The van der Waals surface area contributed by atoms with Crippen molar-refractivity contribution in [3.05, 3.63) is 54.2 Å². The molecule has 0 aliphatic carbocycles. The van der Waals surface area contributed by atoms with E-state index in [0.717, 1.165) is 4.31 Å². The van der Waals surface area contributed by atoms with Crippen molar-refractivity contribution in [2.45, 2.75) is 23.6 Å². The summed E-state index contributed by atoms with van der Waals surface area (Å²) in [4.78, 5) is 16.4. The van der Waals surface area contributed by atoms with Gasteiger partial charge in [-0.3, -0.25) is 9.10 Å². The number of amides is 1. The van der Waals surface area contributed by atoms with Crippen LogP contribution in [0.4, 0.5) is 10.8 Å². The van der Waals surface area contributed by atoms with E-state index in [4.69, 9.17) is 0 Å². The number of carbonyl (C=O) groups excluding carboxylic acids is 1. The molecule has 1 N–H and O–H groups in total. The van der Waals surface area contributed by atoms with Crippen LogP contribution in [0.1, 0.15) is 12.6 Å². The number of sulfonamides is 1. The number of anilines is 2. The summed E-state index contributed by atoms with van der Waals surface area (Å²) in [6.07, 6.45) is 0. The van der Waals surface area contributed by atoms with Crippen molar-refractivity contribution in [2.75, 3.05) is 21.9 Å². The third kappa shape index (κ3) is 3.95. The van der Waals surface area contributed by atoms with Crippen molar-refractivity contribution in [3.63, 3.8) is 0 Å². The van der Waals surface area contributed by atoms with Gasteiger partial charge in [-0.1, -0.05) is 35.6 Å². The van der Waals surface area contributed by atoms with Crippen molar-refractivity contribution >= 4 is 47.9 Å². The summed E-state index contributed by atoms with van der Waals surface area (Å²) < 4.78 is 53.1. The van der Waals surface area contributed by atoms with E-state index in [1.165, 1.54) is 42.5 Å². The quantitative estimate of drug-likeness (QED) is 0.618. The second kappa shape index (κ2) is 7.74. The topological polar surface area (TPSA) is 114 Å². The van der Waals surface area contributed by atoms with Gasteiger partial charge < -0.3 is 5.32 Å². The van der Waals surface area contributed by atoms with Gasteiger partial charge in [0.1, 0.15) is 0 Å². The Morgan fingerprint density at radius 2 is 1.87 bits per heavy atom. The van der Waals surface area contributed by atoms with Crippen LogP contribution in [0.25, 0.3) is 10.4 Å². The molecule has 0 spiro atoms. The lowest BCUT2D eigenvalue weighted by molar-refractivity contribution is -0.114. The fourth-order valence-electron chi connectivity index (χ4n) is 3.38. The average Bonchev–Trinajstić information content (AvgIpc) is 3.07. The molecule has 1 aromatic heterocycles. The molecule has 8 nitrogen and oxygen atoms in total. The molecule has 1 aliphatic rings. The van der Waals surface area contributed by atoms with Crippen LogP contribution in [0, 0.1) is 6.92 Å². The number of nitrogens with zero attached hydrogens (tertiary/aromatic N) is 2. The second-order valence-electron chi connectivity index (χ2n) is 7.01. The first-order chi connectivity index (χ1) is 14.6. The zero-order valence-corrected chi connectivity index (χ0v) is 19.1. The highest BCUT2D eigenvalue weighted by atomic mass is 32.2. The van der Waals surface area contributed by atoms with Gasteiger partial charge in [-0.15, -0.1) is 0 Å². The molecule has 0 bridgehead atoms. The van der Waals surface area contributed by atoms with Crippen molar-refractivity contribution in [2.24, 2.45) is 0 Å². The Morgan fingerprint density at radius 3 is 2.55 bits per heavy atom. The Kier molecular flexibility index (Phi) is 5.36. The lowest BCUT2D eigenvalue weighted by atomic mass is 10.1. The smallest absolute Gasteiger partial charge is 0.264 e. The normalized spacial score (nSPS) is 15.4. The molecule has 2 aromatic carbocycles. The van der Waals surface area contributed by atoms with Gasteiger partial charge in [0, 0.05) is 13.5 Å². The molecule has 2 heterocycles. The molecule has 0 radical (unpaired) electrons. The number of hydrogen-bond acceptors (Lipinski definition) is 7. The summed E-state index contributed by atoms with van der Waals surface area (Å²) in [5, 5.41) is 3.03. The van der Waals surface area contributed by atoms with E-state index < -0.39 is 19.9 Å². The van der Waals surface area contributed by atoms with Crippen LogP contribution in [-0.4, -0.2) is 40.0 Å². The van der Waals surface area contributed by atoms with Gasteiger partial charge in [-0.25, -0.2) is 21.8 Å². The molecule has 0 saturated carbocycles. The van der Waals surface area contributed by atoms with Crippen molar-refractivity contribution in [1.29, 1.82) is 0 Å². The van der Waals surface area contributed by atoms with Gasteiger partial charge in [-0.05, 0) is 36.8 Å². The first kappa shape index (κ1) is 21.5. The number of nitrogens with one attached hydrogen (secondary N) is 1. The van der Waals surface area contributed by atoms with Gasteiger partial charge in [0.25, 0.3) is 10.0 Å². The minimum absolute atomic E-state index is 0.0374. The third-order valence-electron chi connectivity index (χ3n) is 4.80. The van der Waals surface area contributed by atoms with Crippen LogP contribution in [0.15, 0.2) is 58.3 Å². The predicted molar refractivity (Wildman–Crippen MR) is 120 cm³/mol. The molecule has 3 aromatic rings. The largest absolute Gasteiger partial charge is 0.302 e. The number of aromatic nitrogens is 1. The number of fused-ring (bicyclic) bond motifs is 1. The molecule has 1 amide bonds. The van der Waals surface area contributed by atoms with Crippen LogP contribution >= 0.6 is 11.3 Å². The van der Waals surface area contributed by atoms with Crippen molar-refractivity contribution in [1.82, 2.24) is 4.98 Å². The Labute approximate surface area is 184 Å². The summed E-state index contributed by atoms with van der Waals surface area (Å²) in [5.74, 6) is -0.566. The summed E-state index contributed by atoms with van der Waals surface area (Å²) in [5.41, 5.74) is 1.35. The monoisotopic (exact) mass is 477 g/mol. The van der Waals surface area contributed by atoms with Crippen LogP contribution < -0.4 is 9.62 Å². The van der Waals surface area contributed by atoms with Crippen LogP contribution in [0.5, 0.6) is 0 Å². The molecule has 0 saturated heterocycles. The number of rotatable bonds is 4. The van der Waals surface area contributed by atoms with E-state index in [1.807, 2.05) is 0 Å². The number of sulfone groups is 1. The lowest BCUT2D eigenvalue weighted by Crippen LogP contribution is -2.39. The zero-order chi connectivity index (χ0) is 22.4. The molecule has 0 unspecified atom stereocenters. The van der Waals surface area contributed by atoms with E-state index in [0.29, 0.717) is 21.3 Å². The van der Waals surface area contributed by atoms with Crippen molar-refractivity contribution in [3.8, 4) is 10.4 Å². The summed E-state index contributed by atoms with van der Waals surface area (Å²) in [7, 11) is -7.57. The number of thiazole rings is 1. The molecule has 11 heteroatoms. The van der Waals surface area contributed by atoms with E-state index in [9.17, 15) is 21.6 Å². The van der Waals surface area contributed by atoms with Crippen LogP contribution in [-0.2, 0) is 24.7 Å². The maximum atomic E-state index is 13.2. The molecule has 162 valence electrons. The van der Waals surface area contributed by atoms with E-state index in [1.54, 1.807) is 31.2 Å². The highest BCUT2D eigenvalue weighted by Gasteiger charge is 2.36. The SMILES string of the molecule is CC(=O)Nc1nc(C)c(-c2ccc3c(c2)S(=O)(=O)CCN3S(=O)(=O)c2ccccc2)s1. The molecule has 1 aliphatic heterocycles. The van der Waals surface area contributed by atoms with Crippen LogP contribution in [0.2, 0.25) is 0 Å². The first-order valence-electron chi connectivity index (χ1n) is 9.29. The second-order valence-corrected chi connectivity index (χ2v) is 11.9. The number of aryl methyl sites for hydroxylation is 1. The highest BCUT2D eigenvalue weighted by molar-refractivity contribution is 7.94. The number of hydrogen-bond donors (Lipinski definition) is 1. The highest BCUT2D eigenvalue weighted by Crippen LogP contribution is 2.40. The molecular formula is C20H19N3O5S3. The maximum Gasteiger partial charge on any atom is 0.264 e. The molecule has 0 atom stereocenters. The molecule has 31 heavy (non-hydrogen) atoms. The zero-order valence-electron chi connectivity index (χ0n) is 16.7. The Hall–Kier alpha value is -2.76. The number of carbonyl (C=O) groups is 1. The fourth-order valence-corrected chi connectivity index (χ4v) is 7.52. The number of benzene rings is 2. The van der Waals surface area contributed by atoms with Gasteiger partial charge in [-0.2, -0.15) is 0 Å². The van der Waals surface area contributed by atoms with Crippen LogP contribution in [0.3, 0.4) is 0 Å². The van der Waals surface area contributed by atoms with Crippen molar-refractivity contribution < 1.29 is 21.6 Å². The van der Waals surface area contributed by atoms with E-state index in [2.05, 4.69) is 10.3 Å². The van der Waals surface area contributed by atoms with Gasteiger partial charge in [0.15, 0.2) is 15.0 Å². The van der Waals surface area contributed by atoms with E-state index in [-0.39, 0.29) is 33.7 Å². The molecule has 0 fully saturated rings.